The van der Waals surface area contributed by atoms with Crippen LogP contribution < -0.4 is 10.2 Å². The molecule has 3 rings (SSSR count). The second-order valence-corrected chi connectivity index (χ2v) is 6.87. The maximum Gasteiger partial charge on any atom is 0.238 e. The number of benzene rings is 1. The van der Waals surface area contributed by atoms with Crippen molar-refractivity contribution in [2.24, 2.45) is 0 Å². The monoisotopic (exact) mass is 359 g/mol. The van der Waals surface area contributed by atoms with E-state index in [1.807, 2.05) is 45.3 Å². The normalized spacial score (nSPS) is 14.5. The Morgan fingerprint density at radius 1 is 1.40 bits per heavy atom. The lowest BCUT2D eigenvalue weighted by molar-refractivity contribution is -0.117. The average Bonchev–Trinajstić information content (AvgIpc) is 2.52. The number of aryl methyl sites for hydroxylation is 1. The highest BCUT2D eigenvalue weighted by molar-refractivity contribution is 6.31. The van der Waals surface area contributed by atoms with Gasteiger partial charge in [0.2, 0.25) is 5.91 Å². The minimum Gasteiger partial charge on any atom is -0.353 e. The van der Waals surface area contributed by atoms with Crippen LogP contribution >= 0.6 is 11.6 Å². The van der Waals surface area contributed by atoms with Gasteiger partial charge in [0.25, 0.3) is 0 Å². The predicted octanol–water partition coefficient (Wildman–Crippen LogP) is 2.51. The largest absolute Gasteiger partial charge is 0.353 e. The molecule has 1 aromatic carbocycles. The first-order valence-corrected chi connectivity index (χ1v) is 8.60. The minimum atomic E-state index is -0.0375. The molecule has 1 aliphatic rings. The number of amides is 1. The van der Waals surface area contributed by atoms with Gasteiger partial charge in [0.1, 0.15) is 12.1 Å². The van der Waals surface area contributed by atoms with E-state index in [4.69, 9.17) is 11.6 Å². The van der Waals surface area contributed by atoms with Crippen molar-refractivity contribution in [3.8, 4) is 0 Å². The topological polar surface area (TPSA) is 61.4 Å². The quantitative estimate of drug-likeness (QED) is 0.888. The summed E-state index contributed by atoms with van der Waals surface area (Å²) in [6.45, 7) is 5.96. The number of carbonyl (C=O) groups is 1. The van der Waals surface area contributed by atoms with Crippen molar-refractivity contribution in [3.63, 3.8) is 0 Å². The molecule has 0 unspecified atom stereocenters. The van der Waals surface area contributed by atoms with Crippen LogP contribution in [0.4, 0.5) is 11.5 Å². The van der Waals surface area contributed by atoms with Gasteiger partial charge in [-0.25, -0.2) is 9.97 Å². The van der Waals surface area contributed by atoms with Gasteiger partial charge >= 0.3 is 0 Å². The summed E-state index contributed by atoms with van der Waals surface area (Å²) in [4.78, 5) is 24.9. The van der Waals surface area contributed by atoms with Gasteiger partial charge in [0.15, 0.2) is 0 Å². The maximum atomic E-state index is 12.3. The van der Waals surface area contributed by atoms with Crippen LogP contribution in [-0.2, 0) is 4.79 Å². The van der Waals surface area contributed by atoms with E-state index in [0.717, 1.165) is 35.7 Å². The summed E-state index contributed by atoms with van der Waals surface area (Å²) in [6, 6.07) is 5.85. The number of likely N-dealkylation sites (N-methyl/N-ethyl adjacent to an activating group) is 1. The number of rotatable bonds is 5. The zero-order valence-corrected chi connectivity index (χ0v) is 15.4. The number of hydrogen-bond acceptors (Lipinski definition) is 5. The Morgan fingerprint density at radius 3 is 2.88 bits per heavy atom. The van der Waals surface area contributed by atoms with E-state index in [9.17, 15) is 4.79 Å². The van der Waals surface area contributed by atoms with E-state index in [0.29, 0.717) is 17.6 Å². The van der Waals surface area contributed by atoms with E-state index >= 15 is 0 Å². The van der Waals surface area contributed by atoms with Gasteiger partial charge in [0, 0.05) is 41.6 Å². The third-order valence-electron chi connectivity index (χ3n) is 4.59. The SMILES string of the molecule is Cc1cncnc1N1CC(N(C)CC(=O)Nc2cccc(Cl)c2C)C1. The standard InChI is InChI=1S/C18H22ClN5O/c1-12-7-20-11-21-18(12)24-8-14(9-24)23(3)10-17(25)22-16-6-4-5-15(19)13(16)2/h4-7,11,14H,8-10H2,1-3H3,(H,22,25). The van der Waals surface area contributed by atoms with Gasteiger partial charge < -0.3 is 10.2 Å². The number of nitrogens with zero attached hydrogens (tertiary/aromatic N) is 4. The molecule has 0 saturated carbocycles. The van der Waals surface area contributed by atoms with Crippen LogP contribution in [0.1, 0.15) is 11.1 Å². The Bertz CT molecular complexity index is 776. The molecule has 1 aromatic heterocycles. The van der Waals surface area contributed by atoms with E-state index < -0.39 is 0 Å². The Kier molecular flexibility index (Phi) is 5.20. The van der Waals surface area contributed by atoms with Crippen LogP contribution in [0.15, 0.2) is 30.7 Å². The van der Waals surface area contributed by atoms with Crippen LogP contribution in [0.2, 0.25) is 5.02 Å². The molecule has 0 spiro atoms. The fraction of sp³-hybridized carbons (Fsp3) is 0.389. The highest BCUT2D eigenvalue weighted by Gasteiger charge is 2.32. The Morgan fingerprint density at radius 2 is 2.16 bits per heavy atom. The molecule has 2 heterocycles. The molecular weight excluding hydrogens is 338 g/mol. The van der Waals surface area contributed by atoms with Crippen molar-refractivity contribution >= 4 is 29.0 Å². The molecule has 132 valence electrons. The molecule has 25 heavy (non-hydrogen) atoms. The molecule has 0 bridgehead atoms. The number of carbonyl (C=O) groups excluding carboxylic acids is 1. The summed E-state index contributed by atoms with van der Waals surface area (Å²) in [6.07, 6.45) is 3.39. The predicted molar refractivity (Wildman–Crippen MR) is 100 cm³/mol. The van der Waals surface area contributed by atoms with Crippen molar-refractivity contribution < 1.29 is 4.79 Å². The van der Waals surface area contributed by atoms with Crippen LogP contribution in [0, 0.1) is 13.8 Å². The van der Waals surface area contributed by atoms with Crippen LogP contribution in [-0.4, -0.2) is 53.5 Å². The van der Waals surface area contributed by atoms with Crippen molar-refractivity contribution in [1.82, 2.24) is 14.9 Å². The van der Waals surface area contributed by atoms with E-state index in [1.165, 1.54) is 0 Å². The Labute approximate surface area is 152 Å². The fourth-order valence-corrected chi connectivity index (χ4v) is 3.09. The smallest absolute Gasteiger partial charge is 0.238 e. The summed E-state index contributed by atoms with van der Waals surface area (Å²) in [7, 11) is 1.97. The number of hydrogen-bond donors (Lipinski definition) is 1. The highest BCUT2D eigenvalue weighted by Crippen LogP contribution is 2.24. The molecule has 1 aliphatic heterocycles. The lowest BCUT2D eigenvalue weighted by Crippen LogP contribution is -2.60. The molecule has 1 saturated heterocycles. The Balaban J connectivity index is 1.52. The molecular formula is C18H22ClN5O. The first-order valence-electron chi connectivity index (χ1n) is 8.22. The molecule has 0 aliphatic carbocycles. The number of aromatic nitrogens is 2. The van der Waals surface area contributed by atoms with Gasteiger partial charge in [-0.1, -0.05) is 17.7 Å². The van der Waals surface area contributed by atoms with Crippen LogP contribution in [0.5, 0.6) is 0 Å². The minimum absolute atomic E-state index is 0.0375. The van der Waals surface area contributed by atoms with Crippen molar-refractivity contribution in [1.29, 1.82) is 0 Å². The van der Waals surface area contributed by atoms with Crippen molar-refractivity contribution in [2.75, 3.05) is 36.9 Å². The summed E-state index contributed by atoms with van der Waals surface area (Å²) in [5, 5.41) is 3.59. The molecule has 7 heteroatoms. The van der Waals surface area contributed by atoms with E-state index in [2.05, 4.69) is 25.1 Å². The van der Waals surface area contributed by atoms with Gasteiger partial charge in [-0.05, 0) is 38.6 Å². The summed E-state index contributed by atoms with van der Waals surface area (Å²) in [5.74, 6) is 0.934. The summed E-state index contributed by atoms with van der Waals surface area (Å²) in [5.41, 5.74) is 2.71. The third kappa shape index (κ3) is 3.91. The maximum absolute atomic E-state index is 12.3. The van der Waals surface area contributed by atoms with Crippen molar-refractivity contribution in [2.45, 2.75) is 19.9 Å². The third-order valence-corrected chi connectivity index (χ3v) is 5.00. The first-order chi connectivity index (χ1) is 12.0. The van der Waals surface area contributed by atoms with Crippen LogP contribution in [0.25, 0.3) is 0 Å². The molecule has 1 N–H and O–H groups in total. The Hall–Kier alpha value is -2.18. The molecule has 2 aromatic rings. The molecule has 6 nitrogen and oxygen atoms in total. The molecule has 0 radical (unpaired) electrons. The van der Waals surface area contributed by atoms with Gasteiger partial charge in [-0.3, -0.25) is 9.69 Å². The van der Waals surface area contributed by atoms with Gasteiger partial charge in [-0.2, -0.15) is 0 Å². The first kappa shape index (κ1) is 17.6. The lowest BCUT2D eigenvalue weighted by Gasteiger charge is -2.44. The van der Waals surface area contributed by atoms with E-state index in [-0.39, 0.29) is 5.91 Å². The lowest BCUT2D eigenvalue weighted by atomic mass is 10.1. The zero-order valence-electron chi connectivity index (χ0n) is 14.7. The molecule has 1 fully saturated rings. The van der Waals surface area contributed by atoms with Gasteiger partial charge in [0.05, 0.1) is 6.54 Å². The zero-order chi connectivity index (χ0) is 18.0. The number of halogens is 1. The highest BCUT2D eigenvalue weighted by atomic mass is 35.5. The fourth-order valence-electron chi connectivity index (χ4n) is 2.92. The molecule has 1 amide bonds. The second-order valence-electron chi connectivity index (χ2n) is 6.46. The summed E-state index contributed by atoms with van der Waals surface area (Å²) < 4.78 is 0. The number of nitrogens with one attached hydrogen (secondary N) is 1. The van der Waals surface area contributed by atoms with Crippen LogP contribution in [0.3, 0.4) is 0 Å². The van der Waals surface area contributed by atoms with Crippen molar-refractivity contribution in [3.05, 3.63) is 46.9 Å². The summed E-state index contributed by atoms with van der Waals surface area (Å²) >= 11 is 6.09. The number of anilines is 2. The van der Waals surface area contributed by atoms with E-state index in [1.54, 1.807) is 6.33 Å². The average molecular weight is 360 g/mol. The second kappa shape index (κ2) is 7.37. The van der Waals surface area contributed by atoms with Gasteiger partial charge in [-0.15, -0.1) is 0 Å². The molecule has 0 atom stereocenters.